The highest BCUT2D eigenvalue weighted by atomic mass is 32.2. The third-order valence-corrected chi connectivity index (χ3v) is 6.29. The largest absolute Gasteiger partial charge is 0.416 e. The number of benzene rings is 2. The average Bonchev–Trinajstić information content (AvgIpc) is 2.72. The first-order valence-corrected chi connectivity index (χ1v) is 12.0. The molecule has 1 amide bonds. The molecule has 2 rings (SSSR count). The molecule has 0 heterocycles. The van der Waals surface area contributed by atoms with Crippen LogP contribution < -0.4 is 14.5 Å². The fraction of sp³-hybridized carbons (Fsp3) is 0.409. The van der Waals surface area contributed by atoms with Gasteiger partial charge >= 0.3 is 6.18 Å². The number of alkyl halides is 3. The zero-order chi connectivity index (χ0) is 24.1. The smallest absolute Gasteiger partial charge is 0.372 e. The predicted octanol–water partition coefficient (Wildman–Crippen LogP) is 4.02. The first kappa shape index (κ1) is 25.5. The van der Waals surface area contributed by atoms with Crippen LogP contribution in [0.4, 0.5) is 24.5 Å². The second-order valence-corrected chi connectivity index (χ2v) is 9.20. The summed E-state index contributed by atoms with van der Waals surface area (Å²) in [5.41, 5.74) is 0.635. The van der Waals surface area contributed by atoms with Crippen LogP contribution in [0.25, 0.3) is 0 Å². The molecule has 0 saturated heterocycles. The average molecular weight is 472 g/mol. The maximum atomic E-state index is 13.1. The maximum absolute atomic E-state index is 13.1. The molecule has 0 fully saturated rings. The van der Waals surface area contributed by atoms with E-state index in [-0.39, 0.29) is 12.2 Å². The van der Waals surface area contributed by atoms with Crippen LogP contribution in [-0.2, 0) is 27.5 Å². The van der Waals surface area contributed by atoms with E-state index in [1.54, 1.807) is 0 Å². The van der Waals surface area contributed by atoms with Crippen LogP contribution in [0.3, 0.4) is 0 Å². The molecule has 2 aromatic carbocycles. The van der Waals surface area contributed by atoms with Gasteiger partial charge in [-0.2, -0.15) is 13.2 Å². The zero-order valence-electron chi connectivity index (χ0n) is 18.5. The van der Waals surface area contributed by atoms with Crippen molar-refractivity contribution in [3.63, 3.8) is 0 Å². The van der Waals surface area contributed by atoms with Crippen LogP contribution in [0, 0.1) is 0 Å². The summed E-state index contributed by atoms with van der Waals surface area (Å²) in [5.74, 6) is -0.624. The number of hydrogen-bond donors (Lipinski definition) is 1. The molecule has 176 valence electrons. The minimum absolute atomic E-state index is 0.155. The summed E-state index contributed by atoms with van der Waals surface area (Å²) in [5, 5.41) is 2.66. The molecular formula is C22H28F3N3O3S. The lowest BCUT2D eigenvalue weighted by atomic mass is 10.1. The predicted molar refractivity (Wildman–Crippen MR) is 120 cm³/mol. The number of rotatable bonds is 9. The van der Waals surface area contributed by atoms with Crippen molar-refractivity contribution >= 4 is 27.3 Å². The van der Waals surface area contributed by atoms with Gasteiger partial charge in [-0.15, -0.1) is 0 Å². The number of nitrogens with one attached hydrogen (secondary N) is 1. The van der Waals surface area contributed by atoms with Crippen molar-refractivity contribution in [2.75, 3.05) is 28.6 Å². The van der Waals surface area contributed by atoms with Crippen molar-refractivity contribution in [1.82, 2.24) is 5.32 Å². The van der Waals surface area contributed by atoms with Gasteiger partial charge in [0.25, 0.3) is 0 Å². The Labute approximate surface area is 187 Å². The van der Waals surface area contributed by atoms with Gasteiger partial charge in [0.15, 0.2) is 0 Å². The molecule has 0 aliphatic rings. The van der Waals surface area contributed by atoms with Crippen LogP contribution in [0.5, 0.6) is 0 Å². The van der Waals surface area contributed by atoms with Crippen LogP contribution >= 0.6 is 0 Å². The molecule has 0 aromatic heterocycles. The van der Waals surface area contributed by atoms with Gasteiger partial charge in [0.2, 0.25) is 15.9 Å². The molecule has 0 aliphatic carbocycles. The number of hydrogen-bond acceptors (Lipinski definition) is 4. The first-order chi connectivity index (χ1) is 14.9. The maximum Gasteiger partial charge on any atom is 0.416 e. The van der Waals surface area contributed by atoms with Crippen LogP contribution in [0.2, 0.25) is 0 Å². The quantitative estimate of drug-likeness (QED) is 0.600. The molecule has 1 unspecified atom stereocenters. The lowest BCUT2D eigenvalue weighted by molar-refractivity contribution is -0.137. The van der Waals surface area contributed by atoms with E-state index in [1.807, 2.05) is 24.3 Å². The lowest BCUT2D eigenvalue weighted by Crippen LogP contribution is -2.47. The van der Waals surface area contributed by atoms with Gasteiger partial charge in [0, 0.05) is 25.3 Å². The van der Waals surface area contributed by atoms with Gasteiger partial charge in [-0.05, 0) is 56.7 Å². The van der Waals surface area contributed by atoms with Crippen molar-refractivity contribution in [3.05, 3.63) is 59.7 Å². The summed E-state index contributed by atoms with van der Waals surface area (Å²) >= 11 is 0. The second-order valence-electron chi connectivity index (χ2n) is 7.34. The van der Waals surface area contributed by atoms with E-state index < -0.39 is 33.7 Å². The van der Waals surface area contributed by atoms with E-state index in [0.29, 0.717) is 4.31 Å². The van der Waals surface area contributed by atoms with E-state index in [0.717, 1.165) is 48.8 Å². The van der Waals surface area contributed by atoms with E-state index in [2.05, 4.69) is 24.1 Å². The van der Waals surface area contributed by atoms with E-state index >= 15 is 0 Å². The third kappa shape index (κ3) is 6.38. The molecule has 0 bridgehead atoms. The Morgan fingerprint density at radius 1 is 1.03 bits per heavy atom. The summed E-state index contributed by atoms with van der Waals surface area (Å²) in [6.07, 6.45) is -3.79. The Hall–Kier alpha value is -2.75. The van der Waals surface area contributed by atoms with E-state index in [9.17, 15) is 26.4 Å². The van der Waals surface area contributed by atoms with Crippen LogP contribution in [0.15, 0.2) is 48.5 Å². The SMILES string of the molecule is CCN(CC)c1ccc(CNC(=O)C(C)N(c2cccc(C(F)(F)F)c2)S(C)(=O)=O)cc1. The molecular weight excluding hydrogens is 443 g/mol. The molecule has 1 atom stereocenters. The summed E-state index contributed by atoms with van der Waals surface area (Å²) < 4.78 is 64.6. The van der Waals surface area contributed by atoms with Gasteiger partial charge in [-0.3, -0.25) is 9.10 Å². The highest BCUT2D eigenvalue weighted by molar-refractivity contribution is 7.92. The topological polar surface area (TPSA) is 69.7 Å². The minimum Gasteiger partial charge on any atom is -0.372 e. The fourth-order valence-corrected chi connectivity index (χ4v) is 4.55. The third-order valence-electron chi connectivity index (χ3n) is 5.05. The first-order valence-electron chi connectivity index (χ1n) is 10.2. The molecule has 1 N–H and O–H groups in total. The minimum atomic E-state index is -4.64. The van der Waals surface area contributed by atoms with Gasteiger partial charge in [-0.25, -0.2) is 8.42 Å². The van der Waals surface area contributed by atoms with Crippen molar-refractivity contribution < 1.29 is 26.4 Å². The van der Waals surface area contributed by atoms with E-state index in [4.69, 9.17) is 0 Å². The number of anilines is 2. The number of carbonyl (C=O) groups is 1. The van der Waals surface area contributed by atoms with Crippen molar-refractivity contribution in [3.8, 4) is 0 Å². The van der Waals surface area contributed by atoms with Crippen molar-refractivity contribution in [1.29, 1.82) is 0 Å². The van der Waals surface area contributed by atoms with Gasteiger partial charge in [0.1, 0.15) is 6.04 Å². The molecule has 32 heavy (non-hydrogen) atoms. The fourth-order valence-electron chi connectivity index (χ4n) is 3.38. The molecule has 0 radical (unpaired) electrons. The van der Waals surface area contributed by atoms with Crippen molar-refractivity contribution in [2.24, 2.45) is 0 Å². The van der Waals surface area contributed by atoms with Crippen molar-refractivity contribution in [2.45, 2.75) is 39.5 Å². The Kier molecular flexibility index (Phi) is 8.17. The highest BCUT2D eigenvalue weighted by Crippen LogP contribution is 2.32. The summed E-state index contributed by atoms with van der Waals surface area (Å²) in [7, 11) is -4.03. The van der Waals surface area contributed by atoms with Crippen LogP contribution in [-0.4, -0.2) is 39.7 Å². The Balaban J connectivity index is 2.18. The summed E-state index contributed by atoms with van der Waals surface area (Å²) in [4.78, 5) is 14.8. The van der Waals surface area contributed by atoms with Crippen LogP contribution in [0.1, 0.15) is 31.9 Å². The Morgan fingerprint density at radius 3 is 2.12 bits per heavy atom. The van der Waals surface area contributed by atoms with Gasteiger partial charge in [0.05, 0.1) is 17.5 Å². The lowest BCUT2D eigenvalue weighted by Gasteiger charge is -2.28. The summed E-state index contributed by atoms with van der Waals surface area (Å²) in [6.45, 7) is 7.32. The molecule has 10 heteroatoms. The Morgan fingerprint density at radius 2 is 1.62 bits per heavy atom. The number of amides is 1. The number of carbonyl (C=O) groups excluding carboxylic acids is 1. The molecule has 6 nitrogen and oxygen atoms in total. The monoisotopic (exact) mass is 471 g/mol. The number of sulfonamides is 1. The molecule has 0 aliphatic heterocycles. The van der Waals surface area contributed by atoms with E-state index in [1.165, 1.54) is 13.0 Å². The van der Waals surface area contributed by atoms with Gasteiger partial charge < -0.3 is 10.2 Å². The standard InChI is InChI=1S/C22H28F3N3O3S/c1-5-27(6-2)19-12-10-17(11-13-19)15-26-21(29)16(3)28(32(4,30)31)20-9-7-8-18(14-20)22(23,24)25/h7-14,16H,5-6,15H2,1-4H3,(H,26,29). The second kappa shape index (κ2) is 10.2. The molecule has 2 aromatic rings. The summed E-state index contributed by atoms with van der Waals surface area (Å²) in [6, 6.07) is 10.2. The Bertz CT molecular complexity index is 1020. The number of nitrogens with zero attached hydrogens (tertiary/aromatic N) is 2. The molecule has 0 saturated carbocycles. The van der Waals surface area contributed by atoms with Gasteiger partial charge in [-0.1, -0.05) is 18.2 Å². The zero-order valence-corrected chi connectivity index (χ0v) is 19.3. The molecule has 0 spiro atoms. The normalized spacial score (nSPS) is 12.8. The highest BCUT2D eigenvalue weighted by Gasteiger charge is 2.34. The number of halogens is 3.